The summed E-state index contributed by atoms with van der Waals surface area (Å²) in [6.07, 6.45) is -2.98. The molecule has 0 spiro atoms. The number of pyridine rings is 1. The highest BCUT2D eigenvalue weighted by atomic mass is 19.4. The van der Waals surface area contributed by atoms with Gasteiger partial charge in [0.15, 0.2) is 0 Å². The van der Waals surface area contributed by atoms with Crippen LogP contribution in [0.5, 0.6) is 0 Å². The van der Waals surface area contributed by atoms with Crippen LogP contribution in [0.1, 0.15) is 29.8 Å². The van der Waals surface area contributed by atoms with E-state index in [4.69, 9.17) is 0 Å². The first-order valence-electron chi connectivity index (χ1n) is 5.65. The first-order chi connectivity index (χ1) is 9.14. The van der Waals surface area contributed by atoms with Crippen molar-refractivity contribution in [3.05, 3.63) is 29.6 Å². The first-order valence-corrected chi connectivity index (χ1v) is 5.65. The molecule has 0 radical (unpaired) electrons. The Kier molecular flexibility index (Phi) is 4.69. The van der Waals surface area contributed by atoms with E-state index in [9.17, 15) is 22.8 Å². The fourth-order valence-corrected chi connectivity index (χ4v) is 1.26. The van der Waals surface area contributed by atoms with Crippen molar-refractivity contribution in [2.75, 3.05) is 7.05 Å². The lowest BCUT2D eigenvalue weighted by atomic mass is 10.1. The van der Waals surface area contributed by atoms with Crippen LogP contribution in [0.15, 0.2) is 18.5 Å². The second-order valence-electron chi connectivity index (χ2n) is 4.29. The summed E-state index contributed by atoms with van der Waals surface area (Å²) in [7, 11) is 1.07. The molecule has 0 atom stereocenters. The standard InChI is InChI=1S/C12H13F3N2O3/c1-7(2)11(19)20-17(3)10(18)8-6-16-5-4-9(8)12(13,14)15/h4-7H,1-3H3. The Bertz CT molecular complexity index is 515. The zero-order chi connectivity index (χ0) is 15.5. The number of rotatable bonds is 2. The van der Waals surface area contributed by atoms with Crippen LogP contribution in [-0.2, 0) is 15.8 Å². The predicted molar refractivity (Wildman–Crippen MR) is 62.3 cm³/mol. The van der Waals surface area contributed by atoms with Gasteiger partial charge in [0.1, 0.15) is 0 Å². The molecule has 1 amide bonds. The summed E-state index contributed by atoms with van der Waals surface area (Å²) < 4.78 is 38.3. The normalized spacial score (nSPS) is 11.3. The lowest BCUT2D eigenvalue weighted by molar-refractivity contribution is -0.177. The van der Waals surface area contributed by atoms with Crippen LogP contribution in [0.3, 0.4) is 0 Å². The average molecular weight is 290 g/mol. The van der Waals surface area contributed by atoms with Gasteiger partial charge < -0.3 is 4.84 Å². The topological polar surface area (TPSA) is 59.5 Å². The summed E-state index contributed by atoms with van der Waals surface area (Å²) in [6, 6.07) is 0.686. The molecular formula is C12H13F3N2O3. The lowest BCUT2D eigenvalue weighted by Gasteiger charge is -2.19. The van der Waals surface area contributed by atoms with Crippen molar-refractivity contribution in [1.29, 1.82) is 0 Å². The van der Waals surface area contributed by atoms with Gasteiger partial charge in [-0.2, -0.15) is 18.2 Å². The number of amides is 1. The van der Waals surface area contributed by atoms with E-state index in [1.165, 1.54) is 13.8 Å². The summed E-state index contributed by atoms with van der Waals surface area (Å²) in [4.78, 5) is 31.3. The minimum absolute atomic E-state index is 0.467. The van der Waals surface area contributed by atoms with Crippen molar-refractivity contribution in [2.45, 2.75) is 20.0 Å². The van der Waals surface area contributed by atoms with E-state index in [0.717, 1.165) is 19.4 Å². The van der Waals surface area contributed by atoms with Gasteiger partial charge in [-0.1, -0.05) is 13.8 Å². The van der Waals surface area contributed by atoms with Gasteiger partial charge in [0.05, 0.1) is 17.0 Å². The molecule has 0 aliphatic rings. The molecule has 0 N–H and O–H groups in total. The minimum Gasteiger partial charge on any atom is -0.338 e. The Morgan fingerprint density at radius 3 is 2.45 bits per heavy atom. The highest BCUT2D eigenvalue weighted by Gasteiger charge is 2.36. The van der Waals surface area contributed by atoms with E-state index in [0.29, 0.717) is 11.1 Å². The van der Waals surface area contributed by atoms with Gasteiger partial charge in [0, 0.05) is 19.4 Å². The molecule has 1 rings (SSSR count). The molecule has 0 bridgehead atoms. The second-order valence-corrected chi connectivity index (χ2v) is 4.29. The van der Waals surface area contributed by atoms with Gasteiger partial charge in [-0.25, -0.2) is 4.79 Å². The molecule has 5 nitrogen and oxygen atoms in total. The van der Waals surface area contributed by atoms with Crippen molar-refractivity contribution >= 4 is 11.9 Å². The molecule has 0 unspecified atom stereocenters. The van der Waals surface area contributed by atoms with E-state index >= 15 is 0 Å². The molecule has 1 heterocycles. The molecule has 0 fully saturated rings. The number of aromatic nitrogens is 1. The lowest BCUT2D eigenvalue weighted by Crippen LogP contribution is -2.33. The summed E-state index contributed by atoms with van der Waals surface area (Å²) in [5.74, 6) is -2.33. The molecular weight excluding hydrogens is 277 g/mol. The van der Waals surface area contributed by atoms with Crippen molar-refractivity contribution in [1.82, 2.24) is 10.0 Å². The van der Waals surface area contributed by atoms with E-state index in [1.807, 2.05) is 0 Å². The summed E-state index contributed by atoms with van der Waals surface area (Å²) >= 11 is 0. The quantitative estimate of drug-likeness (QED) is 0.784. The van der Waals surface area contributed by atoms with Gasteiger partial charge in [-0.05, 0) is 6.07 Å². The number of nitrogens with zero attached hydrogens (tertiary/aromatic N) is 2. The maximum absolute atomic E-state index is 12.8. The smallest absolute Gasteiger partial charge is 0.338 e. The largest absolute Gasteiger partial charge is 0.417 e. The molecule has 110 valence electrons. The Morgan fingerprint density at radius 2 is 1.95 bits per heavy atom. The Balaban J connectivity index is 3.01. The zero-order valence-electron chi connectivity index (χ0n) is 11.1. The maximum atomic E-state index is 12.8. The average Bonchev–Trinajstić information content (AvgIpc) is 2.36. The molecule has 0 aromatic carbocycles. The Labute approximate surface area is 113 Å². The minimum atomic E-state index is -4.70. The number of hydroxylamine groups is 2. The van der Waals surface area contributed by atoms with Crippen molar-refractivity contribution in [2.24, 2.45) is 5.92 Å². The number of carbonyl (C=O) groups is 2. The predicted octanol–water partition coefficient (Wildman–Crippen LogP) is 2.29. The molecule has 0 aliphatic heterocycles. The van der Waals surface area contributed by atoms with Crippen LogP contribution in [0.4, 0.5) is 13.2 Å². The van der Waals surface area contributed by atoms with Gasteiger partial charge in [0.2, 0.25) is 0 Å². The second kappa shape index (κ2) is 5.89. The summed E-state index contributed by atoms with van der Waals surface area (Å²) in [5.41, 5.74) is -1.82. The monoisotopic (exact) mass is 290 g/mol. The molecule has 0 saturated heterocycles. The van der Waals surface area contributed by atoms with Crippen LogP contribution in [0.2, 0.25) is 0 Å². The number of alkyl halides is 3. The highest BCUT2D eigenvalue weighted by molar-refractivity contribution is 5.95. The summed E-state index contributed by atoms with van der Waals surface area (Å²) in [6.45, 7) is 3.07. The van der Waals surface area contributed by atoms with Crippen LogP contribution < -0.4 is 0 Å². The Hall–Kier alpha value is -2.12. The number of halogens is 3. The number of hydrogen-bond donors (Lipinski definition) is 0. The number of hydrogen-bond acceptors (Lipinski definition) is 4. The van der Waals surface area contributed by atoms with E-state index in [2.05, 4.69) is 9.82 Å². The van der Waals surface area contributed by atoms with Crippen LogP contribution in [0, 0.1) is 5.92 Å². The third-order valence-electron chi connectivity index (χ3n) is 2.34. The Morgan fingerprint density at radius 1 is 1.35 bits per heavy atom. The molecule has 0 aliphatic carbocycles. The maximum Gasteiger partial charge on any atom is 0.417 e. The summed E-state index contributed by atoms with van der Waals surface area (Å²) in [5, 5.41) is 0.467. The van der Waals surface area contributed by atoms with Crippen molar-refractivity contribution in [3.63, 3.8) is 0 Å². The first kappa shape index (κ1) is 15.9. The third kappa shape index (κ3) is 3.69. The highest BCUT2D eigenvalue weighted by Crippen LogP contribution is 2.31. The van der Waals surface area contributed by atoms with Crippen LogP contribution in [0.25, 0.3) is 0 Å². The SMILES string of the molecule is CC(C)C(=O)ON(C)C(=O)c1cnccc1C(F)(F)F. The van der Waals surface area contributed by atoms with Gasteiger partial charge in [-0.3, -0.25) is 9.78 Å². The molecule has 8 heteroatoms. The fraction of sp³-hybridized carbons (Fsp3) is 0.417. The van der Waals surface area contributed by atoms with Crippen molar-refractivity contribution in [3.8, 4) is 0 Å². The van der Waals surface area contributed by atoms with Crippen molar-refractivity contribution < 1.29 is 27.6 Å². The van der Waals surface area contributed by atoms with Crippen LogP contribution in [-0.4, -0.2) is 29.0 Å². The zero-order valence-corrected chi connectivity index (χ0v) is 11.1. The van der Waals surface area contributed by atoms with Gasteiger partial charge >= 0.3 is 12.1 Å². The van der Waals surface area contributed by atoms with E-state index < -0.39 is 35.1 Å². The molecule has 20 heavy (non-hydrogen) atoms. The molecule has 1 aromatic rings. The number of carbonyl (C=O) groups excluding carboxylic acids is 2. The van der Waals surface area contributed by atoms with E-state index in [1.54, 1.807) is 0 Å². The van der Waals surface area contributed by atoms with Gasteiger partial charge in [-0.15, -0.1) is 0 Å². The van der Waals surface area contributed by atoms with Crippen LogP contribution >= 0.6 is 0 Å². The molecule has 1 aromatic heterocycles. The molecule has 0 saturated carbocycles. The van der Waals surface area contributed by atoms with E-state index in [-0.39, 0.29) is 0 Å². The van der Waals surface area contributed by atoms with Gasteiger partial charge in [0.25, 0.3) is 5.91 Å². The third-order valence-corrected chi connectivity index (χ3v) is 2.34. The fourth-order valence-electron chi connectivity index (χ4n) is 1.26.